The lowest BCUT2D eigenvalue weighted by atomic mass is 9.70. The Kier molecular flexibility index (Phi) is 3.62. The predicted molar refractivity (Wildman–Crippen MR) is 118 cm³/mol. The van der Waals surface area contributed by atoms with Gasteiger partial charge in [0.25, 0.3) is 0 Å². The number of furan rings is 1. The van der Waals surface area contributed by atoms with Crippen molar-refractivity contribution in [1.29, 1.82) is 0 Å². The summed E-state index contributed by atoms with van der Waals surface area (Å²) >= 11 is 0. The van der Waals surface area contributed by atoms with Gasteiger partial charge in [-0.3, -0.25) is 0 Å². The molecule has 0 saturated heterocycles. The Bertz CT molecular complexity index is 1370. The van der Waals surface area contributed by atoms with Gasteiger partial charge in [0.2, 0.25) is 5.71 Å². The Balaban J connectivity index is 1.51. The Morgan fingerprint density at radius 3 is 2.57 bits per heavy atom. The molecule has 5 heterocycles. The third-order valence-electron chi connectivity index (χ3n) is 5.81. The van der Waals surface area contributed by atoms with Crippen LogP contribution in [0, 0.1) is 0 Å². The fraction of sp³-hybridized carbons (Fsp3) is 0.136. The Hall–Kier alpha value is -3.81. The molecule has 4 aromatic rings. The Morgan fingerprint density at radius 2 is 1.73 bits per heavy atom. The standard InChI is InChI=1S/C22H19BN6O/c1-15-28(16-7-4-3-5-8-16)20-21(25-12-11-24-20)29(15)23-13-19-18(14-27(23)2)17-9-6-10-26-22(17)30-19/h3-15H,1-2H3/t15-/m0/s1. The number of para-hydroxylation sites is 1. The van der Waals surface area contributed by atoms with Crippen LogP contribution in [0.3, 0.4) is 0 Å². The van der Waals surface area contributed by atoms with Crippen molar-refractivity contribution in [2.45, 2.75) is 13.1 Å². The van der Waals surface area contributed by atoms with Crippen molar-refractivity contribution >= 4 is 47.6 Å². The molecule has 0 radical (unpaired) electrons. The van der Waals surface area contributed by atoms with Gasteiger partial charge >= 0.3 is 6.98 Å². The van der Waals surface area contributed by atoms with Crippen LogP contribution < -0.4 is 20.3 Å². The molecule has 3 aromatic heterocycles. The van der Waals surface area contributed by atoms with E-state index in [9.17, 15) is 0 Å². The summed E-state index contributed by atoms with van der Waals surface area (Å²) in [7, 11) is 2.08. The summed E-state index contributed by atoms with van der Waals surface area (Å²) in [5, 5.41) is 2.08. The molecule has 6 rings (SSSR count). The van der Waals surface area contributed by atoms with E-state index in [0.29, 0.717) is 5.71 Å². The minimum absolute atomic E-state index is 0.0194. The van der Waals surface area contributed by atoms with Crippen LogP contribution in [0.25, 0.3) is 23.3 Å². The first-order valence-corrected chi connectivity index (χ1v) is 9.95. The highest BCUT2D eigenvalue weighted by Gasteiger charge is 2.43. The molecule has 30 heavy (non-hydrogen) atoms. The molecule has 0 fully saturated rings. The maximum atomic E-state index is 6.06. The predicted octanol–water partition coefficient (Wildman–Crippen LogP) is 2.11. The van der Waals surface area contributed by atoms with E-state index in [2.05, 4.69) is 62.8 Å². The van der Waals surface area contributed by atoms with Crippen LogP contribution in [-0.2, 0) is 0 Å². The van der Waals surface area contributed by atoms with Crippen LogP contribution in [-0.4, -0.2) is 40.0 Å². The van der Waals surface area contributed by atoms with Crippen LogP contribution in [0.15, 0.2) is 65.5 Å². The van der Waals surface area contributed by atoms with Crippen LogP contribution in [0.1, 0.15) is 6.92 Å². The number of aromatic nitrogens is 3. The van der Waals surface area contributed by atoms with E-state index in [-0.39, 0.29) is 13.1 Å². The number of anilines is 3. The largest absolute Gasteiger partial charge is 0.439 e. The third kappa shape index (κ3) is 2.36. The molecule has 0 saturated carbocycles. The van der Waals surface area contributed by atoms with Crippen molar-refractivity contribution in [3.05, 3.63) is 71.7 Å². The number of benzene rings is 1. The summed E-state index contributed by atoms with van der Waals surface area (Å²) in [6.45, 7) is 2.10. The summed E-state index contributed by atoms with van der Waals surface area (Å²) in [4.78, 5) is 20.4. The van der Waals surface area contributed by atoms with E-state index in [1.807, 2.05) is 30.3 Å². The number of nitrogens with zero attached hydrogens (tertiary/aromatic N) is 6. The summed E-state index contributed by atoms with van der Waals surface area (Å²) in [6, 6.07) is 14.3. The minimum atomic E-state index is -0.0720. The van der Waals surface area contributed by atoms with Gasteiger partial charge < -0.3 is 18.9 Å². The van der Waals surface area contributed by atoms with E-state index in [1.165, 1.54) is 0 Å². The normalized spacial score (nSPS) is 17.6. The first-order chi connectivity index (χ1) is 14.7. The highest BCUT2D eigenvalue weighted by atomic mass is 16.3. The van der Waals surface area contributed by atoms with E-state index < -0.39 is 0 Å². The van der Waals surface area contributed by atoms with Crippen LogP contribution in [0.2, 0.25) is 0 Å². The first kappa shape index (κ1) is 17.1. The maximum Gasteiger partial charge on any atom is 0.409 e. The second-order valence-electron chi connectivity index (χ2n) is 7.56. The summed E-state index contributed by atoms with van der Waals surface area (Å²) in [5.41, 5.74) is 2.58. The zero-order chi connectivity index (χ0) is 20.2. The summed E-state index contributed by atoms with van der Waals surface area (Å²) in [6.07, 6.45) is 7.39. The van der Waals surface area contributed by atoms with Gasteiger partial charge in [-0.05, 0) is 44.2 Å². The van der Waals surface area contributed by atoms with Crippen molar-refractivity contribution in [1.82, 2.24) is 19.8 Å². The van der Waals surface area contributed by atoms with Gasteiger partial charge in [-0.2, -0.15) is 0 Å². The van der Waals surface area contributed by atoms with Gasteiger partial charge in [0.1, 0.15) is 5.42 Å². The number of rotatable bonds is 2. The topological polar surface area (TPSA) is 61.5 Å². The monoisotopic (exact) mass is 394 g/mol. The van der Waals surface area contributed by atoms with E-state index >= 15 is 0 Å². The van der Waals surface area contributed by atoms with Crippen molar-refractivity contribution in [3.8, 4) is 0 Å². The average molecular weight is 394 g/mol. The molecule has 8 heteroatoms. The number of fused-ring (bicyclic) bond motifs is 4. The molecular formula is C22H19BN6O. The number of hydrogen-bond acceptors (Lipinski definition) is 7. The molecule has 0 N–H and O–H groups in total. The van der Waals surface area contributed by atoms with Crippen molar-refractivity contribution < 1.29 is 4.42 Å². The van der Waals surface area contributed by atoms with Gasteiger partial charge in [-0.1, -0.05) is 18.2 Å². The summed E-state index contributed by atoms with van der Waals surface area (Å²) in [5.74, 6) is 3.85. The Morgan fingerprint density at radius 1 is 0.933 bits per heavy atom. The Labute approximate surface area is 173 Å². The van der Waals surface area contributed by atoms with Gasteiger partial charge in [0, 0.05) is 41.1 Å². The second kappa shape index (κ2) is 6.35. The van der Waals surface area contributed by atoms with Crippen molar-refractivity contribution in [2.24, 2.45) is 0 Å². The lowest BCUT2D eigenvalue weighted by Crippen LogP contribution is -2.56. The highest BCUT2D eigenvalue weighted by Crippen LogP contribution is 2.41. The van der Waals surface area contributed by atoms with Crippen LogP contribution in [0.5, 0.6) is 0 Å². The van der Waals surface area contributed by atoms with Crippen LogP contribution in [0.4, 0.5) is 17.3 Å². The quantitative estimate of drug-likeness (QED) is 0.483. The molecule has 146 valence electrons. The zero-order valence-corrected chi connectivity index (χ0v) is 16.7. The van der Waals surface area contributed by atoms with Gasteiger partial charge in [-0.25, -0.2) is 15.0 Å². The summed E-state index contributed by atoms with van der Waals surface area (Å²) < 4.78 is 6.06. The zero-order valence-electron chi connectivity index (χ0n) is 16.7. The highest BCUT2D eigenvalue weighted by molar-refractivity contribution is 6.75. The van der Waals surface area contributed by atoms with Gasteiger partial charge in [0.05, 0.1) is 6.17 Å². The third-order valence-corrected chi connectivity index (χ3v) is 5.81. The van der Waals surface area contributed by atoms with E-state index in [1.54, 1.807) is 18.6 Å². The van der Waals surface area contributed by atoms with Gasteiger partial charge in [0.15, 0.2) is 11.6 Å². The van der Waals surface area contributed by atoms with Gasteiger partial charge in [-0.15, -0.1) is 0 Å². The van der Waals surface area contributed by atoms with E-state index in [4.69, 9.17) is 9.40 Å². The number of pyridine rings is 1. The van der Waals surface area contributed by atoms with Crippen molar-refractivity contribution in [2.75, 3.05) is 16.8 Å². The fourth-order valence-electron chi connectivity index (χ4n) is 4.46. The lowest BCUT2D eigenvalue weighted by Gasteiger charge is -2.36. The first-order valence-electron chi connectivity index (χ1n) is 9.95. The lowest BCUT2D eigenvalue weighted by molar-refractivity contribution is 0.561. The second-order valence-corrected chi connectivity index (χ2v) is 7.56. The number of hydrogen-bond donors (Lipinski definition) is 0. The molecule has 1 atom stereocenters. The average Bonchev–Trinajstić information content (AvgIpc) is 3.28. The minimum Gasteiger partial charge on any atom is -0.439 e. The molecule has 2 aliphatic rings. The molecule has 0 bridgehead atoms. The smallest absolute Gasteiger partial charge is 0.409 e. The molecule has 1 aromatic carbocycles. The molecule has 0 spiro atoms. The molecule has 0 unspecified atom stereocenters. The SMILES string of the molecule is C[C@@H]1N(B2C=c3oc4ncccc4c3=CN2C)c2nccnc2N1c1ccccc1. The van der Waals surface area contributed by atoms with E-state index in [0.717, 1.165) is 33.3 Å². The molecular weight excluding hydrogens is 375 g/mol. The molecule has 2 aliphatic heterocycles. The molecule has 7 nitrogen and oxygen atoms in total. The molecule has 0 aliphatic carbocycles. The van der Waals surface area contributed by atoms with Crippen LogP contribution >= 0.6 is 0 Å². The maximum absolute atomic E-state index is 6.06. The van der Waals surface area contributed by atoms with Crippen molar-refractivity contribution in [3.63, 3.8) is 0 Å². The molecule has 0 amide bonds. The fourth-order valence-corrected chi connectivity index (χ4v) is 4.46.